The van der Waals surface area contributed by atoms with Gasteiger partial charge >= 0.3 is 0 Å². The molecular weight excluding hydrogens is 441 g/mol. The summed E-state index contributed by atoms with van der Waals surface area (Å²) in [7, 11) is 0. The van der Waals surface area contributed by atoms with Gasteiger partial charge in [-0.15, -0.1) is 0 Å². The Kier molecular flexibility index (Phi) is 8.14. The molecule has 2 aromatic carbocycles. The quantitative estimate of drug-likeness (QED) is 0.588. The van der Waals surface area contributed by atoms with Gasteiger partial charge in [-0.25, -0.2) is 0 Å². The van der Waals surface area contributed by atoms with Crippen LogP contribution in [-0.2, 0) is 16.1 Å². The van der Waals surface area contributed by atoms with Gasteiger partial charge in [-0.1, -0.05) is 41.4 Å². The number of benzene rings is 2. The average molecular weight is 464 g/mol. The Balaban J connectivity index is 1.38. The lowest BCUT2D eigenvalue weighted by molar-refractivity contribution is -0.123. The van der Waals surface area contributed by atoms with Crippen molar-refractivity contribution >= 4 is 40.9 Å². The van der Waals surface area contributed by atoms with E-state index >= 15 is 0 Å². The zero-order valence-corrected chi connectivity index (χ0v) is 18.3. The zero-order valence-electron chi connectivity index (χ0n) is 16.8. The summed E-state index contributed by atoms with van der Waals surface area (Å²) in [5.41, 5.74) is 1.39. The number of carbonyl (C=O) groups is 3. The summed E-state index contributed by atoms with van der Waals surface area (Å²) in [6, 6.07) is 12.2. The number of rotatable bonds is 8. The van der Waals surface area contributed by atoms with Gasteiger partial charge in [0, 0.05) is 31.6 Å². The lowest BCUT2D eigenvalue weighted by Crippen LogP contribution is -2.49. The third-order valence-electron chi connectivity index (χ3n) is 4.74. The van der Waals surface area contributed by atoms with Crippen LogP contribution in [0.25, 0.3) is 0 Å². The number of piperazine rings is 1. The lowest BCUT2D eigenvalue weighted by Gasteiger charge is -2.26. The molecule has 31 heavy (non-hydrogen) atoms. The predicted octanol–water partition coefficient (Wildman–Crippen LogP) is 3.04. The van der Waals surface area contributed by atoms with E-state index in [0.717, 1.165) is 5.56 Å². The van der Waals surface area contributed by atoms with E-state index in [0.29, 0.717) is 60.4 Å². The summed E-state index contributed by atoms with van der Waals surface area (Å²) in [5.74, 6) is 0.0694. The molecule has 1 saturated heterocycles. The minimum atomic E-state index is -0.176. The summed E-state index contributed by atoms with van der Waals surface area (Å²) in [4.78, 5) is 37.5. The van der Waals surface area contributed by atoms with E-state index in [2.05, 4.69) is 10.6 Å². The van der Waals surface area contributed by atoms with Gasteiger partial charge in [0.2, 0.25) is 11.8 Å². The Labute approximate surface area is 190 Å². The van der Waals surface area contributed by atoms with Gasteiger partial charge in [0.05, 0.1) is 18.2 Å². The molecule has 0 radical (unpaired) electrons. The normalized spacial score (nSPS) is 13.5. The molecule has 1 aliphatic heterocycles. The molecule has 1 aliphatic rings. The molecule has 1 fully saturated rings. The van der Waals surface area contributed by atoms with Crippen LogP contribution in [-0.4, -0.2) is 48.9 Å². The van der Waals surface area contributed by atoms with Crippen molar-refractivity contribution in [3.8, 4) is 5.75 Å². The summed E-state index contributed by atoms with van der Waals surface area (Å²) in [6.07, 6.45) is 0.845. The highest BCUT2D eigenvalue weighted by atomic mass is 35.5. The Bertz CT molecular complexity index is 950. The molecule has 164 valence electrons. The van der Waals surface area contributed by atoms with Crippen molar-refractivity contribution in [2.24, 2.45) is 0 Å². The number of amides is 3. The number of halogens is 2. The molecule has 0 saturated carbocycles. The minimum absolute atomic E-state index is 0.0733. The molecular formula is C22H23Cl2N3O4. The fourth-order valence-corrected chi connectivity index (χ4v) is 3.41. The van der Waals surface area contributed by atoms with Crippen molar-refractivity contribution in [2.75, 3.05) is 26.2 Å². The van der Waals surface area contributed by atoms with Gasteiger partial charge in [-0.05, 0) is 36.2 Å². The van der Waals surface area contributed by atoms with Gasteiger partial charge in [0.1, 0.15) is 10.8 Å². The highest BCUT2D eigenvalue weighted by molar-refractivity contribution is 6.42. The fraction of sp³-hybridized carbons (Fsp3) is 0.318. The molecule has 9 heteroatoms. The molecule has 0 aromatic heterocycles. The zero-order chi connectivity index (χ0) is 22.2. The first kappa shape index (κ1) is 22.9. The molecule has 1 heterocycles. The maximum atomic E-state index is 12.5. The Morgan fingerprint density at radius 1 is 1.13 bits per heavy atom. The monoisotopic (exact) mass is 463 g/mol. The summed E-state index contributed by atoms with van der Waals surface area (Å²) < 4.78 is 5.57. The van der Waals surface area contributed by atoms with E-state index in [1.807, 2.05) is 0 Å². The average Bonchev–Trinajstić information content (AvgIpc) is 2.78. The molecule has 0 unspecified atom stereocenters. The highest BCUT2D eigenvalue weighted by Crippen LogP contribution is 2.31. The van der Waals surface area contributed by atoms with Crippen molar-refractivity contribution in [2.45, 2.75) is 19.4 Å². The van der Waals surface area contributed by atoms with Crippen LogP contribution >= 0.6 is 23.2 Å². The van der Waals surface area contributed by atoms with Crippen molar-refractivity contribution in [3.63, 3.8) is 0 Å². The third-order valence-corrected chi connectivity index (χ3v) is 5.54. The van der Waals surface area contributed by atoms with Crippen LogP contribution < -0.4 is 15.4 Å². The van der Waals surface area contributed by atoms with Gasteiger partial charge in [0.25, 0.3) is 5.91 Å². The maximum absolute atomic E-state index is 12.5. The van der Waals surface area contributed by atoms with Gasteiger partial charge in [-0.2, -0.15) is 0 Å². The minimum Gasteiger partial charge on any atom is -0.492 e. The molecule has 7 nitrogen and oxygen atoms in total. The number of nitrogens with zero attached hydrogens (tertiary/aromatic N) is 1. The molecule has 2 N–H and O–H groups in total. The van der Waals surface area contributed by atoms with Crippen LogP contribution in [0, 0.1) is 0 Å². The van der Waals surface area contributed by atoms with Crippen LogP contribution in [0.2, 0.25) is 10.0 Å². The van der Waals surface area contributed by atoms with Crippen LogP contribution in [0.5, 0.6) is 5.75 Å². The number of carbonyl (C=O) groups excluding carboxylic acids is 3. The molecule has 0 atom stereocenters. The first-order chi connectivity index (χ1) is 14.9. The van der Waals surface area contributed by atoms with Crippen LogP contribution in [0.4, 0.5) is 0 Å². The second-order valence-electron chi connectivity index (χ2n) is 7.05. The van der Waals surface area contributed by atoms with Gasteiger partial charge < -0.3 is 20.3 Å². The van der Waals surface area contributed by atoms with Crippen LogP contribution in [0.1, 0.15) is 28.8 Å². The number of nitrogens with one attached hydrogen (secondary N) is 2. The number of hydrogen-bond donors (Lipinski definition) is 2. The lowest BCUT2D eigenvalue weighted by atomic mass is 10.1. The smallest absolute Gasteiger partial charge is 0.254 e. The predicted molar refractivity (Wildman–Crippen MR) is 118 cm³/mol. The standard InChI is InChI=1S/C22H23Cl2N3O4/c23-17-3-1-4-18(21(17)24)31-12-2-5-19(28)26-13-15-6-8-16(9-7-15)22(30)27-11-10-25-20(29)14-27/h1,3-4,6-9H,2,5,10-14H2,(H,25,29)(H,26,28). The van der Waals surface area contributed by atoms with Crippen LogP contribution in [0.3, 0.4) is 0 Å². The molecule has 0 spiro atoms. The molecule has 0 aliphatic carbocycles. The Hall–Kier alpha value is -2.77. The van der Waals surface area contributed by atoms with Crippen molar-refractivity contribution in [1.29, 1.82) is 0 Å². The largest absolute Gasteiger partial charge is 0.492 e. The van der Waals surface area contributed by atoms with Crippen molar-refractivity contribution in [1.82, 2.24) is 15.5 Å². The van der Waals surface area contributed by atoms with Crippen molar-refractivity contribution < 1.29 is 19.1 Å². The topological polar surface area (TPSA) is 87.7 Å². The third kappa shape index (κ3) is 6.60. The SMILES string of the molecule is O=C(CCCOc1cccc(Cl)c1Cl)NCc1ccc(C(=O)N2CCNC(=O)C2)cc1. The van der Waals surface area contributed by atoms with Gasteiger partial charge in [-0.3, -0.25) is 14.4 Å². The number of hydrogen-bond acceptors (Lipinski definition) is 4. The maximum Gasteiger partial charge on any atom is 0.254 e. The molecule has 2 aromatic rings. The van der Waals surface area contributed by atoms with E-state index in [-0.39, 0.29) is 24.3 Å². The van der Waals surface area contributed by atoms with E-state index in [1.54, 1.807) is 42.5 Å². The molecule has 3 amide bonds. The second-order valence-corrected chi connectivity index (χ2v) is 7.84. The highest BCUT2D eigenvalue weighted by Gasteiger charge is 2.22. The van der Waals surface area contributed by atoms with E-state index < -0.39 is 0 Å². The van der Waals surface area contributed by atoms with Crippen molar-refractivity contribution in [3.05, 3.63) is 63.6 Å². The van der Waals surface area contributed by atoms with E-state index in [4.69, 9.17) is 27.9 Å². The Morgan fingerprint density at radius 2 is 1.90 bits per heavy atom. The number of ether oxygens (including phenoxy) is 1. The molecule has 3 rings (SSSR count). The Morgan fingerprint density at radius 3 is 2.65 bits per heavy atom. The second kappa shape index (κ2) is 11.0. The van der Waals surface area contributed by atoms with E-state index in [1.165, 1.54) is 4.90 Å². The fourth-order valence-electron chi connectivity index (χ4n) is 3.06. The van der Waals surface area contributed by atoms with E-state index in [9.17, 15) is 14.4 Å². The first-order valence-electron chi connectivity index (χ1n) is 9.92. The summed E-state index contributed by atoms with van der Waals surface area (Å²) in [5, 5.41) is 6.32. The molecule has 0 bridgehead atoms. The summed E-state index contributed by atoms with van der Waals surface area (Å²) in [6.45, 7) is 1.74. The van der Waals surface area contributed by atoms with Crippen LogP contribution in [0.15, 0.2) is 42.5 Å². The van der Waals surface area contributed by atoms with Gasteiger partial charge in [0.15, 0.2) is 0 Å². The summed E-state index contributed by atoms with van der Waals surface area (Å²) >= 11 is 12.0. The first-order valence-corrected chi connectivity index (χ1v) is 10.7.